The van der Waals surface area contributed by atoms with Crippen molar-refractivity contribution in [2.24, 2.45) is 0 Å². The fourth-order valence-corrected chi connectivity index (χ4v) is 2.84. The maximum Gasteiger partial charge on any atom is 0.234 e. The van der Waals surface area contributed by atoms with Crippen LogP contribution in [0.4, 0.5) is 14.5 Å². The Hall–Kier alpha value is -2.94. The monoisotopic (exact) mass is 375 g/mol. The zero-order chi connectivity index (χ0) is 18.7. The number of carbonyl (C=O) groups excluding carboxylic acids is 1. The number of halogens is 2. The molecule has 0 aliphatic rings. The van der Waals surface area contributed by atoms with Crippen LogP contribution in [0.15, 0.2) is 47.6 Å². The molecule has 1 aromatic heterocycles. The molecule has 134 valence electrons. The van der Waals surface area contributed by atoms with Crippen LogP contribution in [0.5, 0.6) is 0 Å². The topological polar surface area (TPSA) is 85.8 Å². The second kappa shape index (κ2) is 7.52. The number of aromatic nitrogens is 3. The number of hydrogen-bond acceptors (Lipinski definition) is 5. The molecule has 0 atom stereocenters. The molecule has 0 saturated carbocycles. The molecule has 26 heavy (non-hydrogen) atoms. The lowest BCUT2D eigenvalue weighted by Gasteiger charge is -2.06. The van der Waals surface area contributed by atoms with E-state index in [1.165, 1.54) is 4.68 Å². The van der Waals surface area contributed by atoms with Crippen LogP contribution in [0.3, 0.4) is 0 Å². The number of nitrogens with two attached hydrogens (primary N) is 1. The van der Waals surface area contributed by atoms with Gasteiger partial charge >= 0.3 is 0 Å². The number of amides is 1. The Bertz CT molecular complexity index is 943. The minimum Gasteiger partial charge on any atom is -0.335 e. The van der Waals surface area contributed by atoms with Gasteiger partial charge in [0.2, 0.25) is 11.1 Å². The highest BCUT2D eigenvalue weighted by molar-refractivity contribution is 7.99. The molecule has 9 heteroatoms. The summed E-state index contributed by atoms with van der Waals surface area (Å²) in [5.74, 6) is 4.49. The maximum atomic E-state index is 13.5. The van der Waals surface area contributed by atoms with Gasteiger partial charge in [0.25, 0.3) is 0 Å². The Balaban J connectivity index is 1.65. The molecule has 0 aliphatic heterocycles. The van der Waals surface area contributed by atoms with Crippen molar-refractivity contribution in [2.45, 2.75) is 12.1 Å². The van der Waals surface area contributed by atoms with Crippen LogP contribution in [0.25, 0.3) is 11.4 Å². The first kappa shape index (κ1) is 17.9. The van der Waals surface area contributed by atoms with Gasteiger partial charge in [-0.05, 0) is 19.1 Å². The van der Waals surface area contributed by atoms with Gasteiger partial charge in [0.1, 0.15) is 11.6 Å². The minimum atomic E-state index is -0.714. The van der Waals surface area contributed by atoms with Gasteiger partial charge in [-0.2, -0.15) is 0 Å². The fraction of sp³-hybridized carbons (Fsp3) is 0.118. The van der Waals surface area contributed by atoms with E-state index in [9.17, 15) is 13.6 Å². The van der Waals surface area contributed by atoms with Gasteiger partial charge in [0.05, 0.1) is 11.4 Å². The van der Waals surface area contributed by atoms with E-state index in [0.29, 0.717) is 11.0 Å². The largest absolute Gasteiger partial charge is 0.335 e. The maximum absolute atomic E-state index is 13.5. The van der Waals surface area contributed by atoms with E-state index in [1.54, 1.807) is 0 Å². The fourth-order valence-electron chi connectivity index (χ4n) is 2.18. The summed E-state index contributed by atoms with van der Waals surface area (Å²) in [7, 11) is 0. The van der Waals surface area contributed by atoms with Crippen LogP contribution in [0.1, 0.15) is 5.56 Å². The van der Waals surface area contributed by atoms with Crippen LogP contribution in [-0.2, 0) is 4.79 Å². The van der Waals surface area contributed by atoms with Crippen LogP contribution >= 0.6 is 11.8 Å². The van der Waals surface area contributed by atoms with Crippen molar-refractivity contribution in [3.63, 3.8) is 0 Å². The molecule has 3 rings (SSSR count). The van der Waals surface area contributed by atoms with Crippen molar-refractivity contribution in [3.05, 3.63) is 59.7 Å². The van der Waals surface area contributed by atoms with E-state index in [2.05, 4.69) is 15.5 Å². The van der Waals surface area contributed by atoms with E-state index < -0.39 is 17.5 Å². The molecule has 0 saturated heterocycles. The molecule has 0 aliphatic carbocycles. The standard InChI is InChI=1S/C17H15F2N5OS/c1-10-2-4-11(5-3-10)16-22-23-17(24(16)20)26-9-15(25)21-14-8-12(18)6-7-13(14)19/h2-8H,9,20H2,1H3,(H,21,25). The Morgan fingerprint density at radius 3 is 2.65 bits per heavy atom. The molecule has 1 heterocycles. The molecule has 1 amide bonds. The number of anilines is 1. The molecule has 0 spiro atoms. The summed E-state index contributed by atoms with van der Waals surface area (Å²) >= 11 is 1.04. The normalized spacial score (nSPS) is 10.7. The summed E-state index contributed by atoms with van der Waals surface area (Å²) in [6, 6.07) is 10.4. The quantitative estimate of drug-likeness (QED) is 0.529. The summed E-state index contributed by atoms with van der Waals surface area (Å²) < 4.78 is 28.0. The van der Waals surface area contributed by atoms with Crippen molar-refractivity contribution >= 4 is 23.4 Å². The average Bonchev–Trinajstić information content (AvgIpc) is 2.98. The SMILES string of the molecule is Cc1ccc(-c2nnc(SCC(=O)Nc3cc(F)ccc3F)n2N)cc1. The van der Waals surface area contributed by atoms with Crippen molar-refractivity contribution in [1.82, 2.24) is 14.9 Å². The summed E-state index contributed by atoms with van der Waals surface area (Å²) in [4.78, 5) is 12.0. The Labute approximate surface area is 152 Å². The van der Waals surface area contributed by atoms with Crippen molar-refractivity contribution in [1.29, 1.82) is 0 Å². The number of hydrogen-bond donors (Lipinski definition) is 2. The summed E-state index contributed by atoms with van der Waals surface area (Å²) in [5, 5.41) is 10.6. The Kier molecular flexibility index (Phi) is 5.17. The lowest BCUT2D eigenvalue weighted by atomic mass is 10.1. The highest BCUT2D eigenvalue weighted by Gasteiger charge is 2.14. The molecule has 0 unspecified atom stereocenters. The number of rotatable bonds is 5. The number of nitrogens with one attached hydrogen (secondary N) is 1. The first-order chi connectivity index (χ1) is 12.4. The smallest absolute Gasteiger partial charge is 0.234 e. The van der Waals surface area contributed by atoms with E-state index in [-0.39, 0.29) is 11.4 Å². The van der Waals surface area contributed by atoms with Gasteiger partial charge in [-0.15, -0.1) is 10.2 Å². The van der Waals surface area contributed by atoms with Crippen molar-refractivity contribution in [3.8, 4) is 11.4 Å². The lowest BCUT2D eigenvalue weighted by molar-refractivity contribution is -0.113. The van der Waals surface area contributed by atoms with Crippen LogP contribution in [0.2, 0.25) is 0 Å². The molecule has 0 fully saturated rings. The molecular formula is C17H15F2N5OS. The Morgan fingerprint density at radius 2 is 1.92 bits per heavy atom. The number of nitrogens with zero attached hydrogens (tertiary/aromatic N) is 3. The van der Waals surface area contributed by atoms with Gasteiger partial charge in [0, 0.05) is 11.6 Å². The first-order valence-electron chi connectivity index (χ1n) is 7.59. The van der Waals surface area contributed by atoms with Gasteiger partial charge < -0.3 is 11.2 Å². The second-order valence-electron chi connectivity index (χ2n) is 5.50. The van der Waals surface area contributed by atoms with Gasteiger partial charge in [-0.25, -0.2) is 13.5 Å². The predicted molar refractivity (Wildman–Crippen MR) is 96.1 cm³/mol. The zero-order valence-corrected chi connectivity index (χ0v) is 14.6. The van der Waals surface area contributed by atoms with Gasteiger partial charge in [0.15, 0.2) is 5.82 Å². The number of benzene rings is 2. The van der Waals surface area contributed by atoms with E-state index in [4.69, 9.17) is 5.84 Å². The number of nitrogen functional groups attached to an aromatic ring is 1. The minimum absolute atomic E-state index is 0.0841. The molecular weight excluding hydrogens is 360 g/mol. The van der Waals surface area contributed by atoms with E-state index in [0.717, 1.165) is 41.1 Å². The van der Waals surface area contributed by atoms with Crippen molar-refractivity contribution in [2.75, 3.05) is 16.9 Å². The third-order valence-electron chi connectivity index (χ3n) is 3.51. The summed E-state index contributed by atoms with van der Waals surface area (Å²) in [6.07, 6.45) is 0. The highest BCUT2D eigenvalue weighted by atomic mass is 32.2. The molecule has 0 radical (unpaired) electrons. The van der Waals surface area contributed by atoms with Crippen LogP contribution < -0.4 is 11.2 Å². The number of aryl methyl sites for hydroxylation is 1. The van der Waals surface area contributed by atoms with Crippen LogP contribution in [0, 0.1) is 18.6 Å². The lowest BCUT2D eigenvalue weighted by Crippen LogP contribution is -2.17. The molecule has 6 nitrogen and oxygen atoms in total. The molecule has 3 N–H and O–H groups in total. The third kappa shape index (κ3) is 3.99. The number of thioether (sulfide) groups is 1. The predicted octanol–water partition coefficient (Wildman–Crippen LogP) is 2.98. The van der Waals surface area contributed by atoms with Crippen molar-refractivity contribution < 1.29 is 13.6 Å². The van der Waals surface area contributed by atoms with E-state index >= 15 is 0 Å². The summed E-state index contributed by atoms with van der Waals surface area (Å²) in [6.45, 7) is 1.97. The van der Waals surface area contributed by atoms with Gasteiger partial charge in [-0.1, -0.05) is 41.6 Å². The van der Waals surface area contributed by atoms with E-state index in [1.807, 2.05) is 31.2 Å². The van der Waals surface area contributed by atoms with Crippen LogP contribution in [-0.4, -0.2) is 26.5 Å². The zero-order valence-electron chi connectivity index (χ0n) is 13.7. The first-order valence-corrected chi connectivity index (χ1v) is 8.58. The average molecular weight is 375 g/mol. The highest BCUT2D eigenvalue weighted by Crippen LogP contribution is 2.22. The molecule has 3 aromatic rings. The Morgan fingerprint density at radius 1 is 1.19 bits per heavy atom. The summed E-state index contributed by atoms with van der Waals surface area (Å²) in [5.41, 5.74) is 1.68. The molecule has 2 aromatic carbocycles. The molecule has 0 bridgehead atoms. The van der Waals surface area contributed by atoms with Gasteiger partial charge in [-0.3, -0.25) is 4.79 Å². The second-order valence-corrected chi connectivity index (χ2v) is 6.45. The number of carbonyl (C=O) groups is 1. The third-order valence-corrected chi connectivity index (χ3v) is 4.45.